The van der Waals surface area contributed by atoms with Gasteiger partial charge in [-0.05, 0) is 30.4 Å². The highest BCUT2D eigenvalue weighted by Gasteiger charge is 2.37. The number of amides is 1. The van der Waals surface area contributed by atoms with E-state index < -0.39 is 21.3 Å². The highest BCUT2D eigenvalue weighted by atomic mass is 35.5. The summed E-state index contributed by atoms with van der Waals surface area (Å²) in [6, 6.07) is 7.51. The first-order valence-corrected chi connectivity index (χ1v) is 10.2. The van der Waals surface area contributed by atoms with Crippen molar-refractivity contribution in [1.82, 2.24) is 5.32 Å². The number of rotatable bonds is 5. The van der Waals surface area contributed by atoms with Crippen molar-refractivity contribution in [2.24, 2.45) is 5.92 Å². The van der Waals surface area contributed by atoms with Gasteiger partial charge in [0.2, 0.25) is 5.91 Å². The Balaban J connectivity index is 1.99. The summed E-state index contributed by atoms with van der Waals surface area (Å²) in [5, 5.41) is 2.23. The van der Waals surface area contributed by atoms with Gasteiger partial charge in [-0.1, -0.05) is 38.1 Å². The van der Waals surface area contributed by atoms with Crippen LogP contribution in [0.4, 0.5) is 0 Å². The lowest BCUT2D eigenvalue weighted by Gasteiger charge is -2.18. The number of benzene rings is 1. The number of carbonyl (C=O) groups is 1. The van der Waals surface area contributed by atoms with E-state index in [9.17, 15) is 13.2 Å². The Morgan fingerprint density at radius 2 is 1.83 bits per heavy atom. The van der Waals surface area contributed by atoms with Gasteiger partial charge < -0.3 is 5.32 Å². The molecule has 0 spiro atoms. The van der Waals surface area contributed by atoms with E-state index in [4.69, 9.17) is 11.6 Å². The molecule has 2 rings (SSSR count). The first-order valence-electron chi connectivity index (χ1n) is 7.91. The van der Waals surface area contributed by atoms with Crippen LogP contribution in [-0.4, -0.2) is 37.2 Å². The summed E-state index contributed by atoms with van der Waals surface area (Å²) in [6.45, 7) is 6.16. The summed E-state index contributed by atoms with van der Waals surface area (Å²) in [4.78, 5) is 12.4. The van der Waals surface area contributed by atoms with Gasteiger partial charge >= 0.3 is 0 Å². The van der Waals surface area contributed by atoms with Crippen molar-refractivity contribution in [2.45, 2.75) is 44.5 Å². The standard InChI is InChI=1S/C17H24ClNO3S/c1-11(2)8-13-4-6-14(7-5-13)12(3)17(20)19-16-10-23(21,22)9-15(16)18/h4-7,11-12,15-16H,8-10H2,1-3H3,(H,19,20). The van der Waals surface area contributed by atoms with Gasteiger partial charge in [-0.3, -0.25) is 4.79 Å². The lowest BCUT2D eigenvalue weighted by molar-refractivity contribution is -0.122. The van der Waals surface area contributed by atoms with E-state index in [1.807, 2.05) is 31.2 Å². The lowest BCUT2D eigenvalue weighted by atomic mass is 9.96. The lowest BCUT2D eigenvalue weighted by Crippen LogP contribution is -2.42. The van der Waals surface area contributed by atoms with Crippen molar-refractivity contribution in [3.63, 3.8) is 0 Å². The first kappa shape index (κ1) is 18.3. The topological polar surface area (TPSA) is 63.2 Å². The smallest absolute Gasteiger partial charge is 0.227 e. The van der Waals surface area contributed by atoms with Crippen molar-refractivity contribution in [3.8, 4) is 0 Å². The van der Waals surface area contributed by atoms with E-state index in [1.165, 1.54) is 5.56 Å². The Labute approximate surface area is 143 Å². The van der Waals surface area contributed by atoms with E-state index in [2.05, 4.69) is 19.2 Å². The molecular weight excluding hydrogens is 334 g/mol. The minimum Gasteiger partial charge on any atom is -0.350 e. The molecule has 4 nitrogen and oxygen atoms in total. The number of carbonyl (C=O) groups excluding carboxylic acids is 1. The molecule has 3 unspecified atom stereocenters. The summed E-state index contributed by atoms with van der Waals surface area (Å²) in [7, 11) is -3.14. The third-order valence-corrected chi connectivity index (χ3v) is 6.50. The minimum absolute atomic E-state index is 0.0716. The van der Waals surface area contributed by atoms with Crippen LogP contribution in [0.5, 0.6) is 0 Å². The highest BCUT2D eigenvalue weighted by molar-refractivity contribution is 7.91. The summed E-state index contributed by atoms with van der Waals surface area (Å²) >= 11 is 6.03. The van der Waals surface area contributed by atoms with Crippen LogP contribution >= 0.6 is 11.6 Å². The molecule has 0 aromatic heterocycles. The minimum atomic E-state index is -3.14. The third-order valence-electron chi connectivity index (χ3n) is 4.13. The van der Waals surface area contributed by atoms with Crippen LogP contribution in [0, 0.1) is 5.92 Å². The van der Waals surface area contributed by atoms with Crippen LogP contribution in [0.1, 0.15) is 37.8 Å². The van der Waals surface area contributed by atoms with Gasteiger partial charge in [-0.15, -0.1) is 11.6 Å². The van der Waals surface area contributed by atoms with Gasteiger partial charge in [-0.25, -0.2) is 8.42 Å². The molecule has 1 aliphatic rings. The van der Waals surface area contributed by atoms with Crippen LogP contribution < -0.4 is 5.32 Å². The van der Waals surface area contributed by atoms with Crippen molar-refractivity contribution in [1.29, 1.82) is 0 Å². The van der Waals surface area contributed by atoms with Crippen molar-refractivity contribution in [3.05, 3.63) is 35.4 Å². The number of hydrogen-bond donors (Lipinski definition) is 1. The molecule has 6 heteroatoms. The summed E-state index contributed by atoms with van der Waals surface area (Å²) < 4.78 is 23.1. The summed E-state index contributed by atoms with van der Waals surface area (Å²) in [5.74, 6) is -0.0822. The molecular formula is C17H24ClNO3S. The Hall–Kier alpha value is -1.07. The predicted octanol–water partition coefficient (Wildman–Crippen LogP) is 2.51. The molecule has 0 bridgehead atoms. The SMILES string of the molecule is CC(C)Cc1ccc(C(C)C(=O)NC2CS(=O)(=O)CC2Cl)cc1. The van der Waals surface area contributed by atoms with Crippen LogP contribution in [0.15, 0.2) is 24.3 Å². The number of alkyl halides is 1. The van der Waals surface area contributed by atoms with Crippen LogP contribution in [0.2, 0.25) is 0 Å². The fraction of sp³-hybridized carbons (Fsp3) is 0.588. The molecule has 1 fully saturated rings. The Kier molecular flexibility index (Phi) is 5.74. The molecule has 23 heavy (non-hydrogen) atoms. The second-order valence-corrected chi connectivity index (χ2v) is 9.48. The maximum atomic E-state index is 12.4. The zero-order valence-corrected chi connectivity index (χ0v) is 15.3. The monoisotopic (exact) mass is 357 g/mol. The zero-order valence-electron chi connectivity index (χ0n) is 13.8. The molecule has 1 amide bonds. The normalized spacial score (nSPS) is 24.6. The molecule has 1 saturated heterocycles. The molecule has 0 saturated carbocycles. The molecule has 1 N–H and O–H groups in total. The second kappa shape index (κ2) is 7.22. The van der Waals surface area contributed by atoms with E-state index in [1.54, 1.807) is 0 Å². The van der Waals surface area contributed by atoms with Gasteiger partial charge in [0.25, 0.3) is 0 Å². The van der Waals surface area contributed by atoms with Crippen molar-refractivity contribution in [2.75, 3.05) is 11.5 Å². The van der Waals surface area contributed by atoms with Gasteiger partial charge in [0.1, 0.15) is 0 Å². The fourth-order valence-electron chi connectivity index (χ4n) is 2.81. The largest absolute Gasteiger partial charge is 0.350 e. The van der Waals surface area contributed by atoms with E-state index >= 15 is 0 Å². The van der Waals surface area contributed by atoms with Crippen molar-refractivity contribution < 1.29 is 13.2 Å². The second-order valence-electron chi connectivity index (χ2n) is 6.77. The van der Waals surface area contributed by atoms with Crippen LogP contribution in [-0.2, 0) is 21.1 Å². The highest BCUT2D eigenvalue weighted by Crippen LogP contribution is 2.21. The predicted molar refractivity (Wildman–Crippen MR) is 93.6 cm³/mol. The maximum Gasteiger partial charge on any atom is 0.227 e. The van der Waals surface area contributed by atoms with Gasteiger partial charge in [-0.2, -0.15) is 0 Å². The van der Waals surface area contributed by atoms with Gasteiger partial charge in [0, 0.05) is 0 Å². The number of hydrogen-bond acceptors (Lipinski definition) is 3. The Bertz CT molecular complexity index is 655. The Morgan fingerprint density at radius 3 is 2.30 bits per heavy atom. The van der Waals surface area contributed by atoms with E-state index in [0.717, 1.165) is 12.0 Å². The molecule has 1 aromatic carbocycles. The zero-order chi connectivity index (χ0) is 17.2. The quantitative estimate of drug-likeness (QED) is 0.823. The molecule has 1 aliphatic heterocycles. The molecule has 128 valence electrons. The molecule has 3 atom stereocenters. The van der Waals surface area contributed by atoms with Crippen molar-refractivity contribution >= 4 is 27.3 Å². The molecule has 1 aromatic rings. The Morgan fingerprint density at radius 1 is 1.22 bits per heavy atom. The van der Waals surface area contributed by atoms with Crippen LogP contribution in [0.3, 0.4) is 0 Å². The maximum absolute atomic E-state index is 12.4. The number of sulfone groups is 1. The number of halogens is 1. The first-order chi connectivity index (χ1) is 10.7. The average molecular weight is 358 g/mol. The van der Waals surface area contributed by atoms with E-state index in [-0.39, 0.29) is 23.3 Å². The summed E-state index contributed by atoms with van der Waals surface area (Å²) in [6.07, 6.45) is 1.01. The molecule has 0 aliphatic carbocycles. The third kappa shape index (κ3) is 4.95. The van der Waals surface area contributed by atoms with Gasteiger partial charge in [0.05, 0.1) is 28.8 Å². The molecule has 0 radical (unpaired) electrons. The van der Waals surface area contributed by atoms with Gasteiger partial charge in [0.15, 0.2) is 9.84 Å². The fourth-order valence-corrected chi connectivity index (χ4v) is 5.36. The summed E-state index contributed by atoms with van der Waals surface area (Å²) in [5.41, 5.74) is 2.17. The van der Waals surface area contributed by atoms with E-state index in [0.29, 0.717) is 5.92 Å². The average Bonchev–Trinajstić information content (AvgIpc) is 2.70. The van der Waals surface area contributed by atoms with Crippen LogP contribution in [0.25, 0.3) is 0 Å². The number of nitrogens with one attached hydrogen (secondary N) is 1. The molecule has 1 heterocycles.